The number of benzene rings is 1. The third-order valence-electron chi connectivity index (χ3n) is 3.83. The molecule has 3 heterocycles. The van der Waals surface area contributed by atoms with Crippen LogP contribution in [0.2, 0.25) is 0 Å². The molecule has 0 bridgehead atoms. The van der Waals surface area contributed by atoms with E-state index in [0.717, 1.165) is 21.7 Å². The second-order valence-electron chi connectivity index (χ2n) is 5.61. The molecular formula is C18H16N4O2S. The number of para-hydroxylation sites is 2. The number of aromatic nitrogens is 3. The lowest BCUT2D eigenvalue weighted by Crippen LogP contribution is -2.26. The van der Waals surface area contributed by atoms with Gasteiger partial charge < -0.3 is 14.7 Å². The molecule has 0 aliphatic rings. The second kappa shape index (κ2) is 6.52. The van der Waals surface area contributed by atoms with Crippen molar-refractivity contribution in [2.75, 3.05) is 6.54 Å². The average Bonchev–Trinajstić information content (AvgIpc) is 3.33. The molecule has 4 rings (SSSR count). The minimum Gasteiger partial charge on any atom is -0.462 e. The highest BCUT2D eigenvalue weighted by molar-refractivity contribution is 7.15. The van der Waals surface area contributed by atoms with Crippen molar-refractivity contribution in [2.45, 2.75) is 13.3 Å². The van der Waals surface area contributed by atoms with Crippen LogP contribution in [0.1, 0.15) is 21.2 Å². The molecular weight excluding hydrogens is 336 g/mol. The van der Waals surface area contributed by atoms with Crippen LogP contribution in [-0.4, -0.2) is 27.4 Å². The number of carbonyl (C=O) groups excluding carboxylic acids is 1. The first kappa shape index (κ1) is 15.6. The predicted molar refractivity (Wildman–Crippen MR) is 96.7 cm³/mol. The molecule has 6 nitrogen and oxygen atoms in total. The number of amides is 1. The zero-order valence-electron chi connectivity index (χ0n) is 13.6. The van der Waals surface area contributed by atoms with E-state index in [4.69, 9.17) is 4.42 Å². The molecule has 1 amide bonds. The van der Waals surface area contributed by atoms with Gasteiger partial charge in [-0.1, -0.05) is 12.1 Å². The molecule has 0 aliphatic heterocycles. The fourth-order valence-electron chi connectivity index (χ4n) is 2.61. The van der Waals surface area contributed by atoms with Crippen molar-refractivity contribution >= 4 is 28.3 Å². The molecule has 0 saturated heterocycles. The number of hydrogen-bond acceptors (Lipinski definition) is 5. The SMILES string of the molecule is Cc1sc(-c2ccco2)nc1C(=O)NCCc1nc2ccccc2[nH]1. The number of aromatic amines is 1. The number of nitrogens with one attached hydrogen (secondary N) is 2. The van der Waals surface area contributed by atoms with Gasteiger partial charge >= 0.3 is 0 Å². The first-order valence-corrected chi connectivity index (χ1v) is 8.75. The van der Waals surface area contributed by atoms with Crippen LogP contribution >= 0.6 is 11.3 Å². The van der Waals surface area contributed by atoms with E-state index < -0.39 is 0 Å². The van der Waals surface area contributed by atoms with E-state index in [1.165, 1.54) is 11.3 Å². The molecule has 0 unspecified atom stereocenters. The standard InChI is InChI=1S/C18H16N4O2S/c1-11-16(22-18(25-11)14-7-4-10-24-14)17(23)19-9-8-15-20-12-5-2-3-6-13(12)21-15/h2-7,10H,8-9H2,1H3,(H,19,23)(H,20,21). The van der Waals surface area contributed by atoms with Gasteiger partial charge in [0.2, 0.25) is 0 Å². The van der Waals surface area contributed by atoms with Gasteiger partial charge in [-0.2, -0.15) is 0 Å². The Hall–Kier alpha value is -2.93. The van der Waals surface area contributed by atoms with Crippen molar-refractivity contribution in [3.63, 3.8) is 0 Å². The Morgan fingerprint density at radius 2 is 2.12 bits per heavy atom. The molecule has 4 aromatic rings. The Balaban J connectivity index is 1.40. The molecule has 0 atom stereocenters. The Bertz CT molecular complexity index is 984. The van der Waals surface area contributed by atoms with Crippen LogP contribution in [0.4, 0.5) is 0 Å². The summed E-state index contributed by atoms with van der Waals surface area (Å²) < 4.78 is 5.34. The summed E-state index contributed by atoms with van der Waals surface area (Å²) in [4.78, 5) is 25.4. The molecule has 0 spiro atoms. The molecule has 0 aliphatic carbocycles. The predicted octanol–water partition coefficient (Wildman–Crippen LogP) is 3.56. The van der Waals surface area contributed by atoms with Gasteiger partial charge in [0, 0.05) is 17.8 Å². The monoisotopic (exact) mass is 352 g/mol. The van der Waals surface area contributed by atoms with Gasteiger partial charge in [-0.05, 0) is 31.2 Å². The van der Waals surface area contributed by atoms with E-state index >= 15 is 0 Å². The van der Waals surface area contributed by atoms with E-state index in [9.17, 15) is 4.79 Å². The fraction of sp³-hybridized carbons (Fsp3) is 0.167. The van der Waals surface area contributed by atoms with Crippen molar-refractivity contribution in [1.29, 1.82) is 0 Å². The zero-order valence-corrected chi connectivity index (χ0v) is 14.4. The van der Waals surface area contributed by atoms with Crippen LogP contribution in [0.15, 0.2) is 47.1 Å². The highest BCUT2D eigenvalue weighted by Gasteiger charge is 2.17. The smallest absolute Gasteiger partial charge is 0.271 e. The Morgan fingerprint density at radius 1 is 1.24 bits per heavy atom. The quantitative estimate of drug-likeness (QED) is 0.575. The average molecular weight is 352 g/mol. The summed E-state index contributed by atoms with van der Waals surface area (Å²) in [6.45, 7) is 2.38. The molecule has 0 radical (unpaired) electrons. The molecule has 7 heteroatoms. The van der Waals surface area contributed by atoms with Crippen LogP contribution in [-0.2, 0) is 6.42 Å². The number of aryl methyl sites for hydroxylation is 1. The van der Waals surface area contributed by atoms with Gasteiger partial charge in [-0.25, -0.2) is 9.97 Å². The van der Waals surface area contributed by atoms with Crippen molar-refractivity contribution in [2.24, 2.45) is 0 Å². The number of imidazole rings is 1. The fourth-order valence-corrected chi connectivity index (χ4v) is 3.49. The molecule has 0 saturated carbocycles. The number of hydrogen-bond donors (Lipinski definition) is 2. The van der Waals surface area contributed by atoms with Crippen molar-refractivity contribution in [3.05, 3.63) is 59.1 Å². The van der Waals surface area contributed by atoms with Crippen molar-refractivity contribution in [3.8, 4) is 10.8 Å². The minimum atomic E-state index is -0.178. The number of nitrogens with zero attached hydrogens (tertiary/aromatic N) is 2. The highest BCUT2D eigenvalue weighted by atomic mass is 32.1. The van der Waals surface area contributed by atoms with Gasteiger partial charge in [0.15, 0.2) is 10.8 Å². The lowest BCUT2D eigenvalue weighted by atomic mass is 10.3. The number of furan rings is 1. The van der Waals surface area contributed by atoms with E-state index in [0.29, 0.717) is 29.4 Å². The van der Waals surface area contributed by atoms with Gasteiger partial charge in [-0.3, -0.25) is 4.79 Å². The third kappa shape index (κ3) is 3.18. The second-order valence-corrected chi connectivity index (χ2v) is 6.81. The van der Waals surface area contributed by atoms with Crippen molar-refractivity contribution in [1.82, 2.24) is 20.3 Å². The Morgan fingerprint density at radius 3 is 2.92 bits per heavy atom. The first-order chi connectivity index (χ1) is 12.2. The topological polar surface area (TPSA) is 83.8 Å². The normalized spacial score (nSPS) is 11.1. The summed E-state index contributed by atoms with van der Waals surface area (Å²) in [7, 11) is 0. The van der Waals surface area contributed by atoms with Crippen LogP contribution in [0.5, 0.6) is 0 Å². The van der Waals surface area contributed by atoms with Gasteiger partial charge in [0.05, 0.1) is 17.3 Å². The maximum atomic E-state index is 12.4. The largest absolute Gasteiger partial charge is 0.462 e. The maximum Gasteiger partial charge on any atom is 0.271 e. The molecule has 1 aromatic carbocycles. The summed E-state index contributed by atoms with van der Waals surface area (Å²) in [5.74, 6) is 1.35. The number of fused-ring (bicyclic) bond motifs is 1. The lowest BCUT2D eigenvalue weighted by molar-refractivity contribution is 0.0949. The molecule has 0 fully saturated rings. The van der Waals surface area contributed by atoms with Gasteiger partial charge in [0.1, 0.15) is 11.5 Å². The first-order valence-electron chi connectivity index (χ1n) is 7.94. The van der Waals surface area contributed by atoms with Crippen molar-refractivity contribution < 1.29 is 9.21 Å². The van der Waals surface area contributed by atoms with Crippen LogP contribution in [0.25, 0.3) is 21.8 Å². The van der Waals surface area contributed by atoms with E-state index in [1.807, 2.05) is 37.3 Å². The number of rotatable bonds is 5. The van der Waals surface area contributed by atoms with Crippen LogP contribution in [0, 0.1) is 6.92 Å². The van der Waals surface area contributed by atoms with E-state index in [2.05, 4.69) is 20.3 Å². The minimum absolute atomic E-state index is 0.178. The van der Waals surface area contributed by atoms with Gasteiger partial charge in [-0.15, -0.1) is 11.3 Å². The number of thiazole rings is 1. The molecule has 2 N–H and O–H groups in total. The van der Waals surface area contributed by atoms with E-state index in [-0.39, 0.29) is 5.91 Å². The van der Waals surface area contributed by atoms with Crippen LogP contribution in [0.3, 0.4) is 0 Å². The summed E-state index contributed by atoms with van der Waals surface area (Å²) >= 11 is 1.45. The maximum absolute atomic E-state index is 12.4. The summed E-state index contributed by atoms with van der Waals surface area (Å²) in [6, 6.07) is 11.5. The third-order valence-corrected chi connectivity index (χ3v) is 4.81. The molecule has 25 heavy (non-hydrogen) atoms. The zero-order chi connectivity index (χ0) is 17.2. The van der Waals surface area contributed by atoms with Gasteiger partial charge in [0.25, 0.3) is 5.91 Å². The molecule has 3 aromatic heterocycles. The summed E-state index contributed by atoms with van der Waals surface area (Å²) in [5.41, 5.74) is 2.38. The molecule has 126 valence electrons. The number of H-pyrrole nitrogens is 1. The summed E-state index contributed by atoms with van der Waals surface area (Å²) in [6.07, 6.45) is 2.23. The lowest BCUT2D eigenvalue weighted by Gasteiger charge is -2.02. The summed E-state index contributed by atoms with van der Waals surface area (Å²) in [5, 5.41) is 3.62. The number of carbonyl (C=O) groups is 1. The highest BCUT2D eigenvalue weighted by Crippen LogP contribution is 2.27. The Labute approximate surface area is 147 Å². The van der Waals surface area contributed by atoms with E-state index in [1.54, 1.807) is 12.3 Å². The van der Waals surface area contributed by atoms with Crippen LogP contribution < -0.4 is 5.32 Å². The Kier molecular flexibility index (Phi) is 4.07.